The van der Waals surface area contributed by atoms with Gasteiger partial charge in [-0.1, -0.05) is 19.6 Å². The molecule has 0 aliphatic heterocycles. The molecule has 0 amide bonds. The molecule has 3 nitrogen and oxygen atoms in total. The molecule has 7 heteroatoms. The number of halogens is 3. The second-order valence-electron chi connectivity index (χ2n) is 6.59. The van der Waals surface area contributed by atoms with Gasteiger partial charge in [0.25, 0.3) is 0 Å². The predicted octanol–water partition coefficient (Wildman–Crippen LogP) is 4.09. The van der Waals surface area contributed by atoms with E-state index in [1.165, 1.54) is 4.68 Å². The maximum absolute atomic E-state index is 12.9. The molecule has 1 aromatic rings. The fourth-order valence-corrected chi connectivity index (χ4v) is 2.67. The second kappa shape index (κ2) is 5.52. The quantitative estimate of drug-likeness (QED) is 0.584. The van der Waals surface area contributed by atoms with Gasteiger partial charge in [-0.05, 0) is 18.9 Å². The molecule has 1 aliphatic rings. The zero-order valence-electron chi connectivity index (χ0n) is 12.1. The highest BCUT2D eigenvalue weighted by molar-refractivity contribution is 6.76. The molecule has 1 aromatic heterocycles. The summed E-state index contributed by atoms with van der Waals surface area (Å²) in [6.45, 7) is 7.38. The van der Waals surface area contributed by atoms with Crippen molar-refractivity contribution < 1.29 is 17.9 Å². The smallest absolute Gasteiger partial charge is 0.360 e. The molecule has 2 rings (SSSR count). The van der Waals surface area contributed by atoms with E-state index in [4.69, 9.17) is 4.74 Å². The number of rotatable bonds is 6. The fourth-order valence-electron chi connectivity index (χ4n) is 1.92. The van der Waals surface area contributed by atoms with Gasteiger partial charge in [0.2, 0.25) is 0 Å². The van der Waals surface area contributed by atoms with E-state index in [9.17, 15) is 13.2 Å². The summed E-state index contributed by atoms with van der Waals surface area (Å²) >= 11 is 0. The Morgan fingerprint density at radius 1 is 1.35 bits per heavy atom. The van der Waals surface area contributed by atoms with Crippen molar-refractivity contribution in [3.05, 3.63) is 17.5 Å². The van der Waals surface area contributed by atoms with Gasteiger partial charge in [-0.25, -0.2) is 4.68 Å². The minimum atomic E-state index is -4.32. The first-order chi connectivity index (χ1) is 9.17. The van der Waals surface area contributed by atoms with Crippen LogP contribution in [0.4, 0.5) is 13.2 Å². The van der Waals surface area contributed by atoms with Gasteiger partial charge in [-0.2, -0.15) is 18.3 Å². The van der Waals surface area contributed by atoms with E-state index in [0.29, 0.717) is 6.61 Å². The third kappa shape index (κ3) is 4.34. The Bertz CT molecular complexity index is 461. The first kappa shape index (κ1) is 15.6. The maximum Gasteiger partial charge on any atom is 0.419 e. The molecule has 20 heavy (non-hydrogen) atoms. The summed E-state index contributed by atoms with van der Waals surface area (Å²) in [5.74, 6) is -0.0187. The van der Waals surface area contributed by atoms with Gasteiger partial charge >= 0.3 is 6.18 Å². The lowest BCUT2D eigenvalue weighted by atomic mass is 10.2. The van der Waals surface area contributed by atoms with Crippen molar-refractivity contribution in [3.8, 4) is 0 Å². The summed E-state index contributed by atoms with van der Waals surface area (Å²) < 4.78 is 45.4. The van der Waals surface area contributed by atoms with Gasteiger partial charge in [0, 0.05) is 26.8 Å². The Morgan fingerprint density at radius 3 is 2.50 bits per heavy atom. The molecule has 0 radical (unpaired) electrons. The van der Waals surface area contributed by atoms with Crippen LogP contribution in [0, 0.1) is 0 Å². The first-order valence-corrected chi connectivity index (χ1v) is 10.6. The molecule has 1 heterocycles. The van der Waals surface area contributed by atoms with Crippen LogP contribution in [-0.4, -0.2) is 24.5 Å². The molecule has 0 spiro atoms. The molecule has 0 aromatic carbocycles. The molecule has 114 valence electrons. The van der Waals surface area contributed by atoms with E-state index in [-0.39, 0.29) is 18.3 Å². The van der Waals surface area contributed by atoms with Crippen LogP contribution in [0.1, 0.15) is 30.0 Å². The Labute approximate surface area is 118 Å². The van der Waals surface area contributed by atoms with Crippen molar-refractivity contribution in [2.75, 3.05) is 6.61 Å². The molecule has 0 N–H and O–H groups in total. The molecule has 1 saturated carbocycles. The van der Waals surface area contributed by atoms with Crippen LogP contribution in [0.15, 0.2) is 6.20 Å². The summed E-state index contributed by atoms with van der Waals surface area (Å²) in [6.07, 6.45) is -1.65. The van der Waals surface area contributed by atoms with E-state index in [0.717, 1.165) is 25.1 Å². The van der Waals surface area contributed by atoms with E-state index < -0.39 is 19.8 Å². The van der Waals surface area contributed by atoms with Crippen molar-refractivity contribution in [3.63, 3.8) is 0 Å². The summed E-state index contributed by atoms with van der Waals surface area (Å²) in [4.78, 5) is 0. The molecule has 0 saturated heterocycles. The van der Waals surface area contributed by atoms with Crippen LogP contribution in [0.5, 0.6) is 0 Å². The summed E-state index contributed by atoms with van der Waals surface area (Å²) in [7, 11) is -1.17. The Balaban J connectivity index is 1.95. The average molecular weight is 306 g/mol. The zero-order chi connectivity index (χ0) is 15.0. The number of nitrogens with zero attached hydrogens (tertiary/aromatic N) is 2. The van der Waals surface area contributed by atoms with Gasteiger partial charge < -0.3 is 4.74 Å². The zero-order valence-corrected chi connectivity index (χ0v) is 13.1. The molecule has 0 unspecified atom stereocenters. The standard InChI is InChI=1S/C13H21F3N2OSi/c1-20(2,3)7-6-19-9-18-8-11(13(14,15)16)12(17-18)10-4-5-10/h8,10H,4-7,9H2,1-3H3. The van der Waals surface area contributed by atoms with Crippen molar-refractivity contribution in [1.82, 2.24) is 9.78 Å². The van der Waals surface area contributed by atoms with E-state index in [1.54, 1.807) is 0 Å². The largest absolute Gasteiger partial charge is 0.419 e. The highest BCUT2D eigenvalue weighted by atomic mass is 28.3. The average Bonchev–Trinajstić information content (AvgIpc) is 3.02. The lowest BCUT2D eigenvalue weighted by Gasteiger charge is -2.15. The van der Waals surface area contributed by atoms with Crippen LogP contribution in [0.3, 0.4) is 0 Å². The minimum Gasteiger partial charge on any atom is -0.360 e. The van der Waals surface area contributed by atoms with E-state index in [1.807, 2.05) is 0 Å². The number of hydrogen-bond acceptors (Lipinski definition) is 2. The predicted molar refractivity (Wildman–Crippen MR) is 73.3 cm³/mol. The highest BCUT2D eigenvalue weighted by Crippen LogP contribution is 2.44. The van der Waals surface area contributed by atoms with Crippen LogP contribution >= 0.6 is 0 Å². The number of ether oxygens (including phenoxy) is 1. The fraction of sp³-hybridized carbons (Fsp3) is 0.769. The van der Waals surface area contributed by atoms with Gasteiger partial charge in [-0.3, -0.25) is 0 Å². The van der Waals surface area contributed by atoms with E-state index >= 15 is 0 Å². The van der Waals surface area contributed by atoms with Crippen molar-refractivity contribution in [1.29, 1.82) is 0 Å². The van der Waals surface area contributed by atoms with Gasteiger partial charge in [0.1, 0.15) is 6.73 Å². The molecule has 1 aliphatic carbocycles. The Hall–Kier alpha value is -0.823. The summed E-state index contributed by atoms with van der Waals surface area (Å²) in [6, 6.07) is 0.996. The SMILES string of the molecule is C[Si](C)(C)CCOCn1cc(C(F)(F)F)c(C2CC2)n1. The van der Waals surface area contributed by atoms with Crippen LogP contribution in [0.25, 0.3) is 0 Å². The first-order valence-electron chi connectivity index (χ1n) is 6.89. The topological polar surface area (TPSA) is 27.1 Å². The molecule has 0 bridgehead atoms. The second-order valence-corrected chi connectivity index (χ2v) is 12.2. The Morgan fingerprint density at radius 2 is 2.00 bits per heavy atom. The normalized spacial score (nSPS) is 16.7. The van der Waals surface area contributed by atoms with Gasteiger partial charge in [0.05, 0.1) is 11.3 Å². The van der Waals surface area contributed by atoms with Crippen LogP contribution < -0.4 is 0 Å². The lowest BCUT2D eigenvalue weighted by molar-refractivity contribution is -0.138. The molecule has 0 atom stereocenters. The number of hydrogen-bond donors (Lipinski definition) is 0. The monoisotopic (exact) mass is 306 g/mol. The van der Waals surface area contributed by atoms with Crippen LogP contribution in [-0.2, 0) is 17.6 Å². The molecular formula is C13H21F3N2OSi. The highest BCUT2D eigenvalue weighted by Gasteiger charge is 2.41. The third-order valence-electron chi connectivity index (χ3n) is 3.28. The van der Waals surface area contributed by atoms with Gasteiger partial charge in [-0.15, -0.1) is 0 Å². The summed E-state index contributed by atoms with van der Waals surface area (Å²) in [5, 5.41) is 4.06. The van der Waals surface area contributed by atoms with Crippen LogP contribution in [0.2, 0.25) is 25.7 Å². The van der Waals surface area contributed by atoms with Crippen molar-refractivity contribution >= 4 is 8.07 Å². The Kier molecular flexibility index (Phi) is 4.29. The molecular weight excluding hydrogens is 285 g/mol. The minimum absolute atomic E-state index is 0.0187. The number of aromatic nitrogens is 2. The number of alkyl halides is 3. The van der Waals surface area contributed by atoms with Gasteiger partial charge in [0.15, 0.2) is 0 Å². The molecule has 1 fully saturated rings. The van der Waals surface area contributed by atoms with Crippen molar-refractivity contribution in [2.24, 2.45) is 0 Å². The lowest BCUT2D eigenvalue weighted by Crippen LogP contribution is -2.22. The van der Waals surface area contributed by atoms with E-state index in [2.05, 4.69) is 24.7 Å². The maximum atomic E-state index is 12.9. The summed E-state index contributed by atoms with van der Waals surface area (Å²) in [5.41, 5.74) is -0.417. The van der Waals surface area contributed by atoms with Crippen molar-refractivity contribution in [2.45, 2.75) is 57.4 Å². The third-order valence-corrected chi connectivity index (χ3v) is 4.98.